The average Bonchev–Trinajstić information content (AvgIpc) is 2.89. The van der Waals surface area contributed by atoms with Crippen LogP contribution in [0.5, 0.6) is 0 Å². The van der Waals surface area contributed by atoms with Crippen LogP contribution < -0.4 is 10.6 Å². The Bertz CT molecular complexity index is 375. The molecule has 0 aromatic carbocycles. The quantitative estimate of drug-likeness (QED) is 0.695. The van der Waals surface area contributed by atoms with Gasteiger partial charge in [0.05, 0.1) is 11.0 Å². The number of hydrogen-bond donors (Lipinski definition) is 2. The van der Waals surface area contributed by atoms with Crippen LogP contribution in [0.3, 0.4) is 0 Å². The summed E-state index contributed by atoms with van der Waals surface area (Å²) >= 11 is 0. The molecule has 0 heterocycles. The van der Waals surface area contributed by atoms with Gasteiger partial charge in [0.1, 0.15) is 0 Å². The number of hydrogen-bond acceptors (Lipinski definition) is 4. The molecule has 0 saturated heterocycles. The predicted octanol–water partition coefficient (Wildman–Crippen LogP) is 0.848. The summed E-state index contributed by atoms with van der Waals surface area (Å²) in [6, 6.07) is 0.209. The second-order valence-corrected chi connectivity index (χ2v) is 7.69. The van der Waals surface area contributed by atoms with E-state index in [0.29, 0.717) is 6.54 Å². The van der Waals surface area contributed by atoms with Gasteiger partial charge in [-0.05, 0) is 26.3 Å². The largest absolute Gasteiger partial charge is 0.355 e. The van der Waals surface area contributed by atoms with E-state index >= 15 is 0 Å². The molecule has 1 fully saturated rings. The van der Waals surface area contributed by atoms with Crippen LogP contribution in [0, 0.1) is 0 Å². The molecule has 1 aliphatic rings. The Labute approximate surface area is 116 Å². The van der Waals surface area contributed by atoms with Crippen LogP contribution in [-0.2, 0) is 14.6 Å². The molecule has 1 atom stereocenters. The van der Waals surface area contributed by atoms with Crippen molar-refractivity contribution in [2.45, 2.75) is 57.2 Å². The first-order valence-electron chi connectivity index (χ1n) is 7.17. The second-order valence-electron chi connectivity index (χ2n) is 5.29. The molecular weight excluding hydrogens is 264 g/mol. The van der Waals surface area contributed by atoms with Gasteiger partial charge in [0.2, 0.25) is 5.91 Å². The van der Waals surface area contributed by atoms with Crippen molar-refractivity contribution in [2.24, 2.45) is 0 Å². The number of amides is 1. The van der Waals surface area contributed by atoms with Crippen LogP contribution in [0.4, 0.5) is 0 Å². The SMILES string of the molecule is CCN[C@H](C)CNC(=O)CCS(=O)(=O)C1CCCC1. The highest BCUT2D eigenvalue weighted by Gasteiger charge is 2.28. The molecule has 0 aromatic heterocycles. The summed E-state index contributed by atoms with van der Waals surface area (Å²) in [5.74, 6) is -0.189. The topological polar surface area (TPSA) is 75.3 Å². The van der Waals surface area contributed by atoms with E-state index in [-0.39, 0.29) is 29.4 Å². The van der Waals surface area contributed by atoms with Crippen LogP contribution in [-0.4, -0.2) is 44.5 Å². The molecule has 0 bridgehead atoms. The van der Waals surface area contributed by atoms with Gasteiger partial charge in [-0.2, -0.15) is 0 Å². The summed E-state index contributed by atoms with van der Waals surface area (Å²) in [5.41, 5.74) is 0. The van der Waals surface area contributed by atoms with Gasteiger partial charge in [-0.25, -0.2) is 8.42 Å². The minimum absolute atomic E-state index is 0.0148. The average molecular weight is 290 g/mol. The van der Waals surface area contributed by atoms with Crippen molar-refractivity contribution in [2.75, 3.05) is 18.8 Å². The molecular formula is C13H26N2O3S. The van der Waals surface area contributed by atoms with Gasteiger partial charge in [0.25, 0.3) is 0 Å². The summed E-state index contributed by atoms with van der Waals surface area (Å²) < 4.78 is 24.0. The van der Waals surface area contributed by atoms with Crippen molar-refractivity contribution in [1.82, 2.24) is 10.6 Å². The van der Waals surface area contributed by atoms with E-state index < -0.39 is 9.84 Å². The molecule has 1 amide bonds. The Morgan fingerprint density at radius 1 is 1.32 bits per heavy atom. The number of sulfone groups is 1. The molecule has 112 valence electrons. The molecule has 0 aliphatic heterocycles. The number of carbonyl (C=O) groups is 1. The fraction of sp³-hybridized carbons (Fsp3) is 0.923. The van der Waals surface area contributed by atoms with Crippen LogP contribution in [0.15, 0.2) is 0 Å². The van der Waals surface area contributed by atoms with Crippen LogP contribution in [0.1, 0.15) is 46.0 Å². The molecule has 0 radical (unpaired) electrons. The van der Waals surface area contributed by atoms with Crippen LogP contribution in [0.25, 0.3) is 0 Å². The van der Waals surface area contributed by atoms with E-state index in [1.807, 2.05) is 13.8 Å². The molecule has 0 spiro atoms. The lowest BCUT2D eigenvalue weighted by molar-refractivity contribution is -0.120. The Morgan fingerprint density at radius 3 is 2.53 bits per heavy atom. The molecule has 6 heteroatoms. The van der Waals surface area contributed by atoms with Crippen LogP contribution in [0.2, 0.25) is 0 Å². The van der Waals surface area contributed by atoms with E-state index in [0.717, 1.165) is 32.2 Å². The first-order valence-corrected chi connectivity index (χ1v) is 8.89. The fourth-order valence-electron chi connectivity index (χ4n) is 2.43. The lowest BCUT2D eigenvalue weighted by Crippen LogP contribution is -2.39. The Balaban J connectivity index is 2.25. The molecule has 2 N–H and O–H groups in total. The number of likely N-dealkylation sites (N-methyl/N-ethyl adjacent to an activating group) is 1. The highest BCUT2D eigenvalue weighted by atomic mass is 32.2. The number of rotatable bonds is 8. The Hall–Kier alpha value is -0.620. The molecule has 1 saturated carbocycles. The zero-order chi connectivity index (χ0) is 14.3. The number of nitrogens with one attached hydrogen (secondary N) is 2. The maximum atomic E-state index is 12.0. The lowest BCUT2D eigenvalue weighted by Gasteiger charge is -2.14. The fourth-order valence-corrected chi connectivity index (χ4v) is 4.28. The summed E-state index contributed by atoms with van der Waals surface area (Å²) in [5, 5.41) is 5.74. The molecule has 1 aliphatic carbocycles. The van der Waals surface area contributed by atoms with Gasteiger partial charge in [-0.1, -0.05) is 19.8 Å². The normalized spacial score (nSPS) is 18.4. The highest BCUT2D eigenvalue weighted by molar-refractivity contribution is 7.92. The highest BCUT2D eigenvalue weighted by Crippen LogP contribution is 2.25. The smallest absolute Gasteiger partial charge is 0.221 e. The Morgan fingerprint density at radius 2 is 1.95 bits per heavy atom. The Kier molecular flexibility index (Phi) is 6.79. The number of carbonyl (C=O) groups excluding carboxylic acids is 1. The van der Waals surface area contributed by atoms with Crippen molar-refractivity contribution in [3.8, 4) is 0 Å². The summed E-state index contributed by atoms with van der Waals surface area (Å²) in [6.45, 7) is 5.38. The summed E-state index contributed by atoms with van der Waals surface area (Å²) in [7, 11) is -3.08. The van der Waals surface area contributed by atoms with Gasteiger partial charge in [0.15, 0.2) is 9.84 Å². The van der Waals surface area contributed by atoms with Gasteiger partial charge < -0.3 is 10.6 Å². The van der Waals surface area contributed by atoms with Crippen molar-refractivity contribution >= 4 is 15.7 Å². The molecule has 5 nitrogen and oxygen atoms in total. The van der Waals surface area contributed by atoms with E-state index in [1.54, 1.807) is 0 Å². The zero-order valence-electron chi connectivity index (χ0n) is 11.9. The van der Waals surface area contributed by atoms with Crippen LogP contribution >= 0.6 is 0 Å². The van der Waals surface area contributed by atoms with Crippen molar-refractivity contribution < 1.29 is 13.2 Å². The summed E-state index contributed by atoms with van der Waals surface area (Å²) in [6.07, 6.45) is 3.60. The maximum absolute atomic E-state index is 12.0. The van der Waals surface area contributed by atoms with Gasteiger partial charge in [-0.15, -0.1) is 0 Å². The molecule has 19 heavy (non-hydrogen) atoms. The van der Waals surface area contributed by atoms with E-state index in [9.17, 15) is 13.2 Å². The molecule has 0 unspecified atom stereocenters. The maximum Gasteiger partial charge on any atom is 0.221 e. The zero-order valence-corrected chi connectivity index (χ0v) is 12.8. The monoisotopic (exact) mass is 290 g/mol. The first kappa shape index (κ1) is 16.4. The minimum Gasteiger partial charge on any atom is -0.355 e. The summed E-state index contributed by atoms with van der Waals surface area (Å²) in [4.78, 5) is 11.6. The van der Waals surface area contributed by atoms with Gasteiger partial charge in [-0.3, -0.25) is 4.79 Å². The molecule has 0 aromatic rings. The van der Waals surface area contributed by atoms with Crippen molar-refractivity contribution in [3.63, 3.8) is 0 Å². The first-order chi connectivity index (χ1) is 8.95. The van der Waals surface area contributed by atoms with Gasteiger partial charge >= 0.3 is 0 Å². The van der Waals surface area contributed by atoms with E-state index in [4.69, 9.17) is 0 Å². The third-order valence-electron chi connectivity index (χ3n) is 3.58. The van der Waals surface area contributed by atoms with Gasteiger partial charge in [0, 0.05) is 19.0 Å². The standard InChI is InChI=1S/C13H26N2O3S/c1-3-14-11(2)10-15-13(16)8-9-19(17,18)12-6-4-5-7-12/h11-12,14H,3-10H2,1-2H3,(H,15,16)/t11-/m1/s1. The predicted molar refractivity (Wildman–Crippen MR) is 76.8 cm³/mol. The minimum atomic E-state index is -3.08. The molecule has 1 rings (SSSR count). The van der Waals surface area contributed by atoms with E-state index in [1.165, 1.54) is 0 Å². The van der Waals surface area contributed by atoms with Crippen molar-refractivity contribution in [1.29, 1.82) is 0 Å². The van der Waals surface area contributed by atoms with E-state index in [2.05, 4.69) is 10.6 Å². The third-order valence-corrected chi connectivity index (χ3v) is 5.84. The van der Waals surface area contributed by atoms with Crippen molar-refractivity contribution in [3.05, 3.63) is 0 Å². The third kappa shape index (κ3) is 5.91. The lowest BCUT2D eigenvalue weighted by atomic mass is 10.3. The second kappa shape index (κ2) is 7.85.